The number of hydrazine groups is 1. The second kappa shape index (κ2) is 5.19. The SMILES string of the molecule is CN1CCN(NC(=O)C2CNc3ccccc32)CC1. The van der Waals surface area contributed by atoms with Crippen LogP contribution in [-0.2, 0) is 4.79 Å². The van der Waals surface area contributed by atoms with E-state index in [4.69, 9.17) is 0 Å². The Morgan fingerprint density at radius 2 is 2.00 bits per heavy atom. The molecule has 3 rings (SSSR count). The molecule has 2 heterocycles. The number of likely N-dealkylation sites (N-methyl/N-ethyl adjacent to an activating group) is 1. The van der Waals surface area contributed by atoms with E-state index in [1.54, 1.807) is 0 Å². The fourth-order valence-corrected chi connectivity index (χ4v) is 2.67. The number of nitrogens with one attached hydrogen (secondary N) is 2. The fraction of sp³-hybridized carbons (Fsp3) is 0.500. The molecule has 2 N–H and O–H groups in total. The first kappa shape index (κ1) is 12.4. The number of benzene rings is 1. The lowest BCUT2D eigenvalue weighted by Gasteiger charge is -2.33. The third kappa shape index (κ3) is 2.57. The predicted octanol–water partition coefficient (Wildman–Crippen LogP) is 0.474. The van der Waals surface area contributed by atoms with E-state index in [1.165, 1.54) is 0 Å². The molecule has 1 amide bonds. The van der Waals surface area contributed by atoms with Crippen LogP contribution in [0.1, 0.15) is 11.5 Å². The zero-order valence-corrected chi connectivity index (χ0v) is 11.2. The van der Waals surface area contributed by atoms with Gasteiger partial charge < -0.3 is 10.2 Å². The number of amides is 1. The summed E-state index contributed by atoms with van der Waals surface area (Å²) >= 11 is 0. The number of fused-ring (bicyclic) bond motifs is 1. The van der Waals surface area contributed by atoms with Crippen LogP contribution in [0.5, 0.6) is 0 Å². The molecule has 19 heavy (non-hydrogen) atoms. The highest BCUT2D eigenvalue weighted by molar-refractivity contribution is 5.87. The third-order valence-corrected chi connectivity index (χ3v) is 3.92. The molecule has 0 aromatic heterocycles. The molecule has 0 radical (unpaired) electrons. The second-order valence-corrected chi connectivity index (χ2v) is 5.29. The molecule has 5 nitrogen and oxygen atoms in total. The molecule has 0 spiro atoms. The lowest BCUT2D eigenvalue weighted by Crippen LogP contribution is -2.53. The van der Waals surface area contributed by atoms with Crippen LogP contribution in [0.2, 0.25) is 0 Å². The van der Waals surface area contributed by atoms with Gasteiger partial charge >= 0.3 is 0 Å². The van der Waals surface area contributed by atoms with Crippen LogP contribution in [0, 0.1) is 0 Å². The van der Waals surface area contributed by atoms with Crippen molar-refractivity contribution in [3.63, 3.8) is 0 Å². The fourth-order valence-electron chi connectivity index (χ4n) is 2.67. The van der Waals surface area contributed by atoms with E-state index in [1.807, 2.05) is 29.3 Å². The van der Waals surface area contributed by atoms with E-state index >= 15 is 0 Å². The van der Waals surface area contributed by atoms with E-state index in [9.17, 15) is 4.79 Å². The van der Waals surface area contributed by atoms with Crippen molar-refractivity contribution < 1.29 is 4.79 Å². The van der Waals surface area contributed by atoms with Crippen molar-refractivity contribution in [2.24, 2.45) is 0 Å². The van der Waals surface area contributed by atoms with Crippen LogP contribution >= 0.6 is 0 Å². The van der Waals surface area contributed by atoms with Crippen LogP contribution in [0.25, 0.3) is 0 Å². The maximum Gasteiger partial charge on any atom is 0.243 e. The molecule has 2 aliphatic rings. The standard InChI is InChI=1S/C14H20N4O/c1-17-6-8-18(9-7-17)16-14(19)12-10-15-13-5-3-2-4-11(12)13/h2-5,12,15H,6-10H2,1H3,(H,16,19). The lowest BCUT2D eigenvalue weighted by molar-refractivity contribution is -0.127. The first-order chi connectivity index (χ1) is 9.24. The van der Waals surface area contributed by atoms with Gasteiger partial charge in [0.25, 0.3) is 0 Å². The Balaban J connectivity index is 1.63. The summed E-state index contributed by atoms with van der Waals surface area (Å²) < 4.78 is 0. The van der Waals surface area contributed by atoms with E-state index in [0.29, 0.717) is 6.54 Å². The first-order valence-corrected chi connectivity index (χ1v) is 6.81. The maximum atomic E-state index is 12.4. The van der Waals surface area contributed by atoms with Gasteiger partial charge in [-0.3, -0.25) is 10.2 Å². The molecule has 5 heteroatoms. The Bertz CT molecular complexity index is 468. The largest absolute Gasteiger partial charge is 0.384 e. The van der Waals surface area contributed by atoms with Crippen molar-refractivity contribution in [2.75, 3.05) is 45.1 Å². The van der Waals surface area contributed by atoms with Gasteiger partial charge in [0.1, 0.15) is 0 Å². The first-order valence-electron chi connectivity index (χ1n) is 6.81. The lowest BCUT2D eigenvalue weighted by atomic mass is 10.0. The Morgan fingerprint density at radius 1 is 1.26 bits per heavy atom. The smallest absolute Gasteiger partial charge is 0.243 e. The molecular formula is C14H20N4O. The summed E-state index contributed by atoms with van der Waals surface area (Å²) in [7, 11) is 2.11. The van der Waals surface area contributed by atoms with Gasteiger partial charge in [-0.25, -0.2) is 5.01 Å². The molecule has 1 aromatic rings. The molecule has 102 valence electrons. The highest BCUT2D eigenvalue weighted by Crippen LogP contribution is 2.30. The number of anilines is 1. The third-order valence-electron chi connectivity index (χ3n) is 3.92. The topological polar surface area (TPSA) is 47.6 Å². The average Bonchev–Trinajstić information content (AvgIpc) is 2.85. The predicted molar refractivity (Wildman–Crippen MR) is 74.9 cm³/mol. The maximum absolute atomic E-state index is 12.4. The molecule has 2 aliphatic heterocycles. The number of rotatable bonds is 2. The van der Waals surface area contributed by atoms with Crippen molar-refractivity contribution in [1.82, 2.24) is 15.3 Å². The number of hydrogen-bond acceptors (Lipinski definition) is 4. The molecule has 1 saturated heterocycles. The van der Waals surface area contributed by atoms with E-state index < -0.39 is 0 Å². The highest BCUT2D eigenvalue weighted by atomic mass is 16.2. The Hall–Kier alpha value is -1.59. The minimum Gasteiger partial charge on any atom is -0.384 e. The normalized spacial score (nSPS) is 23.7. The molecule has 0 aliphatic carbocycles. The Kier molecular flexibility index (Phi) is 3.40. The van der Waals surface area contributed by atoms with Crippen molar-refractivity contribution in [1.29, 1.82) is 0 Å². The monoisotopic (exact) mass is 260 g/mol. The van der Waals surface area contributed by atoms with Gasteiger partial charge in [0, 0.05) is 38.4 Å². The minimum atomic E-state index is -0.0733. The minimum absolute atomic E-state index is 0.0733. The quantitative estimate of drug-likeness (QED) is 0.812. The van der Waals surface area contributed by atoms with Crippen LogP contribution in [0.15, 0.2) is 24.3 Å². The van der Waals surface area contributed by atoms with Crippen molar-refractivity contribution in [3.8, 4) is 0 Å². The van der Waals surface area contributed by atoms with Crippen molar-refractivity contribution >= 4 is 11.6 Å². The number of hydrogen-bond donors (Lipinski definition) is 2. The number of carbonyl (C=O) groups excluding carboxylic acids is 1. The number of nitrogens with zero attached hydrogens (tertiary/aromatic N) is 2. The van der Waals surface area contributed by atoms with Crippen LogP contribution in [0.3, 0.4) is 0 Å². The van der Waals surface area contributed by atoms with E-state index in [-0.39, 0.29) is 11.8 Å². The van der Waals surface area contributed by atoms with Gasteiger partial charge in [-0.15, -0.1) is 0 Å². The Morgan fingerprint density at radius 3 is 2.79 bits per heavy atom. The summed E-state index contributed by atoms with van der Waals surface area (Å²) in [5.41, 5.74) is 5.24. The van der Waals surface area contributed by atoms with Gasteiger partial charge in [0.05, 0.1) is 5.92 Å². The summed E-state index contributed by atoms with van der Waals surface area (Å²) in [5.74, 6) is 0.0258. The number of piperazine rings is 1. The molecule has 1 atom stereocenters. The molecule has 1 unspecified atom stereocenters. The van der Waals surface area contributed by atoms with Gasteiger partial charge in [-0.2, -0.15) is 0 Å². The van der Waals surface area contributed by atoms with E-state index in [0.717, 1.165) is 37.4 Å². The summed E-state index contributed by atoms with van der Waals surface area (Å²) in [6.07, 6.45) is 0. The van der Waals surface area contributed by atoms with Gasteiger partial charge in [0.2, 0.25) is 5.91 Å². The number of carbonyl (C=O) groups is 1. The van der Waals surface area contributed by atoms with Gasteiger partial charge in [-0.05, 0) is 18.7 Å². The molecular weight excluding hydrogens is 240 g/mol. The summed E-state index contributed by atoms with van der Waals surface area (Å²) in [5, 5.41) is 5.32. The summed E-state index contributed by atoms with van der Waals surface area (Å²) in [6.45, 7) is 4.48. The average molecular weight is 260 g/mol. The van der Waals surface area contributed by atoms with Gasteiger partial charge in [0.15, 0.2) is 0 Å². The second-order valence-electron chi connectivity index (χ2n) is 5.29. The van der Waals surface area contributed by atoms with Crippen LogP contribution in [-0.4, -0.2) is 55.6 Å². The van der Waals surface area contributed by atoms with Crippen LogP contribution < -0.4 is 10.7 Å². The summed E-state index contributed by atoms with van der Waals surface area (Å²) in [6, 6.07) is 8.04. The zero-order chi connectivity index (χ0) is 13.2. The molecule has 1 aromatic carbocycles. The Labute approximate surface area is 113 Å². The highest BCUT2D eigenvalue weighted by Gasteiger charge is 2.29. The molecule has 0 bridgehead atoms. The van der Waals surface area contributed by atoms with Gasteiger partial charge in [-0.1, -0.05) is 18.2 Å². The molecule has 0 saturated carbocycles. The van der Waals surface area contributed by atoms with Crippen molar-refractivity contribution in [3.05, 3.63) is 29.8 Å². The van der Waals surface area contributed by atoms with E-state index in [2.05, 4.69) is 22.7 Å². The molecule has 1 fully saturated rings. The summed E-state index contributed by atoms with van der Waals surface area (Å²) in [4.78, 5) is 14.6. The van der Waals surface area contributed by atoms with Crippen molar-refractivity contribution in [2.45, 2.75) is 5.92 Å². The zero-order valence-electron chi connectivity index (χ0n) is 11.2. The number of para-hydroxylation sites is 1. The van der Waals surface area contributed by atoms with Crippen LogP contribution in [0.4, 0.5) is 5.69 Å².